The number of epoxide rings is 1. The number of methoxy groups -OCH3 is 2. The molecule has 1 saturated heterocycles. The molecule has 1 heterocycles. The largest absolute Gasteiger partial charge is 0.497 e. The minimum Gasteiger partial charge on any atom is -0.497 e. The number of hydrogen-bond donors (Lipinski definition) is 0. The molecule has 23 heavy (non-hydrogen) atoms. The highest BCUT2D eigenvalue weighted by atomic mass is 16.6. The first-order chi connectivity index (χ1) is 11.2. The second kappa shape index (κ2) is 6.71. The van der Waals surface area contributed by atoms with E-state index < -0.39 is 0 Å². The minimum absolute atomic E-state index is 0.110. The molecule has 0 spiro atoms. The maximum atomic E-state index is 12.6. The molecule has 0 bridgehead atoms. The van der Waals surface area contributed by atoms with Crippen LogP contribution in [0.15, 0.2) is 42.5 Å². The number of carbonyl (C=O) groups excluding carboxylic acids is 1. The normalized spacial score (nSPS) is 15.8. The number of ether oxygens (including phenoxy) is 4. The van der Waals surface area contributed by atoms with Gasteiger partial charge in [-0.1, -0.05) is 0 Å². The van der Waals surface area contributed by atoms with E-state index in [1.807, 2.05) is 0 Å². The fourth-order valence-electron chi connectivity index (χ4n) is 2.20. The van der Waals surface area contributed by atoms with Crippen LogP contribution < -0.4 is 14.2 Å². The number of benzene rings is 2. The Kier molecular flexibility index (Phi) is 4.48. The average Bonchev–Trinajstić information content (AvgIpc) is 3.43. The van der Waals surface area contributed by atoms with Crippen LogP contribution in [-0.4, -0.2) is 39.3 Å². The predicted molar refractivity (Wildman–Crippen MR) is 84.7 cm³/mol. The lowest BCUT2D eigenvalue weighted by Crippen LogP contribution is -2.06. The fraction of sp³-hybridized carbons (Fsp3) is 0.278. The first-order valence-corrected chi connectivity index (χ1v) is 7.32. The van der Waals surface area contributed by atoms with Gasteiger partial charge in [-0.25, -0.2) is 0 Å². The van der Waals surface area contributed by atoms with Gasteiger partial charge >= 0.3 is 0 Å². The van der Waals surface area contributed by atoms with Gasteiger partial charge in [-0.05, 0) is 36.4 Å². The molecule has 0 N–H and O–H groups in total. The topological polar surface area (TPSA) is 57.3 Å². The van der Waals surface area contributed by atoms with Crippen molar-refractivity contribution >= 4 is 5.78 Å². The summed E-state index contributed by atoms with van der Waals surface area (Å²) in [7, 11) is 3.10. The van der Waals surface area contributed by atoms with Gasteiger partial charge < -0.3 is 18.9 Å². The molecule has 1 unspecified atom stereocenters. The zero-order chi connectivity index (χ0) is 16.2. The van der Waals surface area contributed by atoms with Crippen LogP contribution in [0.4, 0.5) is 0 Å². The molecular weight excluding hydrogens is 296 g/mol. The van der Waals surface area contributed by atoms with Crippen molar-refractivity contribution in [2.24, 2.45) is 0 Å². The molecule has 2 aromatic carbocycles. The highest BCUT2D eigenvalue weighted by Crippen LogP contribution is 2.27. The molecule has 0 aromatic heterocycles. The summed E-state index contributed by atoms with van der Waals surface area (Å²) in [5, 5.41) is 0. The van der Waals surface area contributed by atoms with E-state index >= 15 is 0 Å². The van der Waals surface area contributed by atoms with E-state index in [1.54, 1.807) is 49.6 Å². The maximum absolute atomic E-state index is 12.6. The third kappa shape index (κ3) is 3.63. The van der Waals surface area contributed by atoms with Crippen LogP contribution in [0.3, 0.4) is 0 Å². The summed E-state index contributed by atoms with van der Waals surface area (Å²) >= 11 is 0. The Morgan fingerprint density at radius 1 is 1.09 bits per heavy atom. The van der Waals surface area contributed by atoms with Gasteiger partial charge in [0, 0.05) is 11.6 Å². The van der Waals surface area contributed by atoms with Crippen molar-refractivity contribution in [2.75, 3.05) is 27.4 Å². The minimum atomic E-state index is -0.110. The highest BCUT2D eigenvalue weighted by molar-refractivity contribution is 6.10. The molecule has 0 amide bonds. The zero-order valence-electron chi connectivity index (χ0n) is 13.1. The van der Waals surface area contributed by atoms with Crippen molar-refractivity contribution in [1.82, 2.24) is 0 Å². The van der Waals surface area contributed by atoms with Crippen LogP contribution in [-0.2, 0) is 4.74 Å². The van der Waals surface area contributed by atoms with Gasteiger partial charge in [0.1, 0.15) is 30.0 Å². The third-order valence-corrected chi connectivity index (χ3v) is 3.61. The summed E-state index contributed by atoms with van der Waals surface area (Å²) in [6, 6.07) is 12.2. The second-order valence-corrected chi connectivity index (χ2v) is 5.19. The quantitative estimate of drug-likeness (QED) is 0.581. The molecule has 2 aromatic rings. The first-order valence-electron chi connectivity index (χ1n) is 7.32. The van der Waals surface area contributed by atoms with E-state index in [0.29, 0.717) is 29.2 Å². The molecule has 120 valence electrons. The van der Waals surface area contributed by atoms with E-state index in [4.69, 9.17) is 18.9 Å². The van der Waals surface area contributed by atoms with Gasteiger partial charge in [0.15, 0.2) is 5.78 Å². The number of hydrogen-bond acceptors (Lipinski definition) is 5. The van der Waals surface area contributed by atoms with Crippen LogP contribution in [0.2, 0.25) is 0 Å². The standard InChI is InChI=1S/C18H18O5/c1-20-14-7-8-16(17(9-14)21-2)18(19)12-3-5-13(6-4-12)22-10-15-11-23-15/h3-9,15H,10-11H2,1-2H3. The molecule has 5 heteroatoms. The predicted octanol–water partition coefficient (Wildman–Crippen LogP) is 2.71. The van der Waals surface area contributed by atoms with Crippen LogP contribution in [0.25, 0.3) is 0 Å². The fourth-order valence-corrected chi connectivity index (χ4v) is 2.20. The van der Waals surface area contributed by atoms with Gasteiger partial charge in [-0.2, -0.15) is 0 Å². The Morgan fingerprint density at radius 3 is 2.39 bits per heavy atom. The number of carbonyl (C=O) groups is 1. The monoisotopic (exact) mass is 314 g/mol. The Labute approximate surface area is 134 Å². The van der Waals surface area contributed by atoms with Crippen molar-refractivity contribution in [3.8, 4) is 17.2 Å². The van der Waals surface area contributed by atoms with E-state index in [-0.39, 0.29) is 11.9 Å². The number of ketones is 1. The lowest BCUT2D eigenvalue weighted by atomic mass is 10.0. The molecular formula is C18H18O5. The van der Waals surface area contributed by atoms with Crippen molar-refractivity contribution in [2.45, 2.75) is 6.10 Å². The molecule has 1 fully saturated rings. The first kappa shape index (κ1) is 15.4. The lowest BCUT2D eigenvalue weighted by Gasteiger charge is -2.10. The molecule has 1 aliphatic rings. The van der Waals surface area contributed by atoms with Crippen LogP contribution >= 0.6 is 0 Å². The Balaban J connectivity index is 1.76. The van der Waals surface area contributed by atoms with Gasteiger partial charge in [-0.3, -0.25) is 4.79 Å². The SMILES string of the molecule is COc1ccc(C(=O)c2ccc(OCC3CO3)cc2)c(OC)c1. The smallest absolute Gasteiger partial charge is 0.196 e. The summed E-state index contributed by atoms with van der Waals surface area (Å²) < 4.78 is 21.1. The maximum Gasteiger partial charge on any atom is 0.196 e. The van der Waals surface area contributed by atoms with Gasteiger partial charge in [0.05, 0.1) is 26.4 Å². The second-order valence-electron chi connectivity index (χ2n) is 5.19. The van der Waals surface area contributed by atoms with E-state index in [0.717, 1.165) is 12.4 Å². The van der Waals surface area contributed by atoms with Gasteiger partial charge in [0.2, 0.25) is 0 Å². The van der Waals surface area contributed by atoms with Crippen molar-refractivity contribution in [3.63, 3.8) is 0 Å². The number of rotatable bonds is 7. The Hall–Kier alpha value is -2.53. The Bertz CT molecular complexity index is 689. The summed E-state index contributed by atoms with van der Waals surface area (Å²) in [6.07, 6.45) is 0.208. The van der Waals surface area contributed by atoms with Crippen LogP contribution in [0, 0.1) is 0 Å². The summed E-state index contributed by atoms with van der Waals surface area (Å²) in [5.74, 6) is 1.74. The van der Waals surface area contributed by atoms with E-state index in [1.165, 1.54) is 7.11 Å². The van der Waals surface area contributed by atoms with Crippen molar-refractivity contribution < 1.29 is 23.7 Å². The Morgan fingerprint density at radius 2 is 1.78 bits per heavy atom. The van der Waals surface area contributed by atoms with Crippen molar-refractivity contribution in [1.29, 1.82) is 0 Å². The summed E-state index contributed by atoms with van der Waals surface area (Å²) in [5.41, 5.74) is 1.07. The van der Waals surface area contributed by atoms with Crippen LogP contribution in [0.5, 0.6) is 17.2 Å². The van der Waals surface area contributed by atoms with Gasteiger partial charge in [0.25, 0.3) is 0 Å². The molecule has 5 nitrogen and oxygen atoms in total. The van der Waals surface area contributed by atoms with Gasteiger partial charge in [-0.15, -0.1) is 0 Å². The molecule has 3 rings (SSSR count). The molecule has 1 aliphatic heterocycles. The zero-order valence-corrected chi connectivity index (χ0v) is 13.1. The third-order valence-electron chi connectivity index (χ3n) is 3.61. The lowest BCUT2D eigenvalue weighted by molar-refractivity contribution is 0.103. The highest BCUT2D eigenvalue weighted by Gasteiger charge is 2.23. The molecule has 0 aliphatic carbocycles. The average molecular weight is 314 g/mol. The van der Waals surface area contributed by atoms with E-state index in [9.17, 15) is 4.79 Å². The molecule has 0 radical (unpaired) electrons. The van der Waals surface area contributed by atoms with Crippen LogP contribution in [0.1, 0.15) is 15.9 Å². The van der Waals surface area contributed by atoms with E-state index in [2.05, 4.69) is 0 Å². The molecule has 1 atom stereocenters. The van der Waals surface area contributed by atoms with Crippen molar-refractivity contribution in [3.05, 3.63) is 53.6 Å². The summed E-state index contributed by atoms with van der Waals surface area (Å²) in [4.78, 5) is 12.6. The molecule has 0 saturated carbocycles. The summed E-state index contributed by atoms with van der Waals surface area (Å²) in [6.45, 7) is 1.30.